The molecule has 1 aromatic rings. The number of ether oxygens (including phenoxy) is 1. The van der Waals surface area contributed by atoms with Crippen molar-refractivity contribution in [3.8, 4) is 0 Å². The van der Waals surface area contributed by atoms with E-state index in [4.69, 9.17) is 16.2 Å². The highest BCUT2D eigenvalue weighted by Crippen LogP contribution is 2.06. The number of nitrogen functional groups attached to an aromatic ring is 2. The highest BCUT2D eigenvalue weighted by molar-refractivity contribution is 5.25. The van der Waals surface area contributed by atoms with Gasteiger partial charge in [0, 0.05) is 20.1 Å². The average molecular weight is 197 g/mol. The Morgan fingerprint density at radius 3 is 2.29 bits per heavy atom. The molecule has 0 aliphatic rings. The van der Waals surface area contributed by atoms with Crippen molar-refractivity contribution in [3.63, 3.8) is 0 Å². The van der Waals surface area contributed by atoms with E-state index in [9.17, 15) is 0 Å². The summed E-state index contributed by atoms with van der Waals surface area (Å²) in [6.45, 7) is 2.70. The van der Waals surface area contributed by atoms with E-state index in [-0.39, 0.29) is 11.9 Å². The summed E-state index contributed by atoms with van der Waals surface area (Å²) in [6.07, 6.45) is 0.685. The maximum Gasteiger partial charge on any atom is 0.225 e. The minimum absolute atomic E-state index is 0.164. The molecule has 0 spiro atoms. The molecular weight excluding hydrogens is 182 g/mol. The minimum Gasteiger partial charge on any atom is -0.384 e. The molecule has 0 aliphatic carbocycles. The van der Waals surface area contributed by atoms with Gasteiger partial charge < -0.3 is 16.2 Å². The van der Waals surface area contributed by atoms with Crippen molar-refractivity contribution in [2.75, 3.05) is 25.2 Å². The summed E-state index contributed by atoms with van der Waals surface area (Å²) in [4.78, 5) is 11.6. The van der Waals surface area contributed by atoms with Crippen molar-refractivity contribution in [1.82, 2.24) is 15.0 Å². The van der Waals surface area contributed by atoms with Crippen molar-refractivity contribution >= 4 is 11.9 Å². The Kier molecular flexibility index (Phi) is 3.58. The molecule has 4 N–H and O–H groups in total. The Balaban J connectivity index is 2.66. The van der Waals surface area contributed by atoms with Crippen molar-refractivity contribution in [1.29, 1.82) is 0 Å². The smallest absolute Gasteiger partial charge is 0.225 e. The van der Waals surface area contributed by atoms with E-state index >= 15 is 0 Å². The topological polar surface area (TPSA) is 99.9 Å². The summed E-state index contributed by atoms with van der Waals surface area (Å²) in [7, 11) is 1.66. The van der Waals surface area contributed by atoms with Crippen LogP contribution >= 0.6 is 0 Å². The van der Waals surface area contributed by atoms with Gasteiger partial charge >= 0.3 is 0 Å². The molecule has 78 valence electrons. The Bertz CT molecular complexity index is 284. The van der Waals surface area contributed by atoms with Gasteiger partial charge in [0.1, 0.15) is 5.82 Å². The van der Waals surface area contributed by atoms with Crippen LogP contribution in [0.1, 0.15) is 12.7 Å². The second-order valence-corrected chi connectivity index (χ2v) is 3.23. The molecule has 0 saturated carbocycles. The molecule has 0 bridgehead atoms. The van der Waals surface area contributed by atoms with Gasteiger partial charge in [-0.15, -0.1) is 0 Å². The quantitative estimate of drug-likeness (QED) is 0.696. The average Bonchev–Trinajstić information content (AvgIpc) is 2.01. The summed E-state index contributed by atoms with van der Waals surface area (Å²) < 4.78 is 5.00. The first-order chi connectivity index (χ1) is 6.61. The van der Waals surface area contributed by atoms with Crippen molar-refractivity contribution in [2.24, 2.45) is 5.92 Å². The lowest BCUT2D eigenvalue weighted by Crippen LogP contribution is -2.12. The summed E-state index contributed by atoms with van der Waals surface area (Å²) in [5.41, 5.74) is 10.9. The molecule has 1 heterocycles. The van der Waals surface area contributed by atoms with E-state index in [1.807, 2.05) is 6.92 Å². The Hall–Kier alpha value is -1.43. The van der Waals surface area contributed by atoms with Gasteiger partial charge in [-0.05, 0) is 5.92 Å². The van der Waals surface area contributed by atoms with Gasteiger partial charge in [-0.3, -0.25) is 0 Å². The first-order valence-electron chi connectivity index (χ1n) is 4.36. The third kappa shape index (κ3) is 3.14. The third-order valence-corrected chi connectivity index (χ3v) is 1.70. The van der Waals surface area contributed by atoms with Gasteiger partial charge in [0.25, 0.3) is 0 Å². The molecule has 1 unspecified atom stereocenters. The second kappa shape index (κ2) is 4.71. The van der Waals surface area contributed by atoms with E-state index < -0.39 is 0 Å². The minimum atomic E-state index is 0.164. The van der Waals surface area contributed by atoms with Crippen LogP contribution in [-0.4, -0.2) is 28.7 Å². The van der Waals surface area contributed by atoms with Crippen LogP contribution in [0.4, 0.5) is 11.9 Å². The van der Waals surface area contributed by atoms with Crippen molar-refractivity contribution in [3.05, 3.63) is 5.82 Å². The van der Waals surface area contributed by atoms with Gasteiger partial charge in [0.2, 0.25) is 11.9 Å². The van der Waals surface area contributed by atoms with Crippen LogP contribution in [0.2, 0.25) is 0 Å². The molecule has 0 aliphatic heterocycles. The van der Waals surface area contributed by atoms with Gasteiger partial charge in [-0.2, -0.15) is 15.0 Å². The number of nitrogens with zero attached hydrogens (tertiary/aromatic N) is 3. The second-order valence-electron chi connectivity index (χ2n) is 3.23. The molecule has 1 atom stereocenters. The maximum absolute atomic E-state index is 5.44. The van der Waals surface area contributed by atoms with E-state index in [2.05, 4.69) is 15.0 Å². The number of methoxy groups -OCH3 is 1. The van der Waals surface area contributed by atoms with E-state index in [0.717, 1.165) is 0 Å². The molecule has 6 heteroatoms. The molecule has 0 saturated heterocycles. The van der Waals surface area contributed by atoms with E-state index in [0.29, 0.717) is 24.8 Å². The number of hydrogen-bond acceptors (Lipinski definition) is 6. The van der Waals surface area contributed by atoms with E-state index in [1.165, 1.54) is 0 Å². The number of rotatable bonds is 4. The molecule has 14 heavy (non-hydrogen) atoms. The predicted octanol–water partition coefficient (Wildman–Crippen LogP) is -0.139. The molecule has 0 amide bonds. The molecule has 1 rings (SSSR count). The fourth-order valence-corrected chi connectivity index (χ4v) is 1.20. The lowest BCUT2D eigenvalue weighted by atomic mass is 10.1. The number of anilines is 2. The predicted molar refractivity (Wildman–Crippen MR) is 53.4 cm³/mol. The molecule has 0 aromatic carbocycles. The number of nitrogens with two attached hydrogens (primary N) is 2. The largest absolute Gasteiger partial charge is 0.384 e. The first kappa shape index (κ1) is 10.6. The Morgan fingerprint density at radius 2 is 1.79 bits per heavy atom. The summed E-state index contributed by atoms with van der Waals surface area (Å²) >= 11 is 0. The lowest BCUT2D eigenvalue weighted by Gasteiger charge is -2.08. The van der Waals surface area contributed by atoms with Crippen LogP contribution in [0.25, 0.3) is 0 Å². The fraction of sp³-hybridized carbons (Fsp3) is 0.625. The Morgan fingerprint density at radius 1 is 1.21 bits per heavy atom. The highest BCUT2D eigenvalue weighted by Gasteiger charge is 2.07. The van der Waals surface area contributed by atoms with Gasteiger partial charge in [-0.1, -0.05) is 6.92 Å². The van der Waals surface area contributed by atoms with Crippen molar-refractivity contribution in [2.45, 2.75) is 13.3 Å². The van der Waals surface area contributed by atoms with Crippen LogP contribution in [0.5, 0.6) is 0 Å². The normalized spacial score (nSPS) is 12.7. The van der Waals surface area contributed by atoms with Gasteiger partial charge in [0.15, 0.2) is 0 Å². The molecule has 1 aromatic heterocycles. The first-order valence-corrected chi connectivity index (χ1v) is 4.36. The Labute approximate surface area is 82.7 Å². The summed E-state index contributed by atoms with van der Waals surface area (Å²) in [6, 6.07) is 0. The lowest BCUT2D eigenvalue weighted by molar-refractivity contribution is 0.159. The van der Waals surface area contributed by atoms with Crippen LogP contribution < -0.4 is 11.5 Å². The number of hydrogen-bond donors (Lipinski definition) is 2. The number of aromatic nitrogens is 3. The third-order valence-electron chi connectivity index (χ3n) is 1.70. The van der Waals surface area contributed by atoms with Crippen molar-refractivity contribution < 1.29 is 4.74 Å². The van der Waals surface area contributed by atoms with Crippen LogP contribution in [0, 0.1) is 5.92 Å². The van der Waals surface area contributed by atoms with Crippen LogP contribution in [0.15, 0.2) is 0 Å². The van der Waals surface area contributed by atoms with Gasteiger partial charge in [0.05, 0.1) is 0 Å². The summed E-state index contributed by atoms with van der Waals surface area (Å²) in [5, 5.41) is 0. The monoisotopic (exact) mass is 197 g/mol. The standard InChI is InChI=1S/C8H15N5O/c1-5(4-14-2)3-6-11-7(9)13-8(10)12-6/h5H,3-4H2,1-2H3,(H4,9,10,11,12,13). The fourth-order valence-electron chi connectivity index (χ4n) is 1.20. The molecule has 6 nitrogen and oxygen atoms in total. The van der Waals surface area contributed by atoms with Gasteiger partial charge in [-0.25, -0.2) is 0 Å². The highest BCUT2D eigenvalue weighted by atomic mass is 16.5. The zero-order valence-corrected chi connectivity index (χ0v) is 8.40. The molecular formula is C8H15N5O. The maximum atomic E-state index is 5.44. The molecule has 0 fully saturated rings. The summed E-state index contributed by atoms with van der Waals surface area (Å²) in [5.74, 6) is 1.27. The zero-order chi connectivity index (χ0) is 10.6. The van der Waals surface area contributed by atoms with Crippen LogP contribution in [-0.2, 0) is 11.2 Å². The zero-order valence-electron chi connectivity index (χ0n) is 8.40. The van der Waals surface area contributed by atoms with E-state index in [1.54, 1.807) is 7.11 Å². The SMILES string of the molecule is COCC(C)Cc1nc(N)nc(N)n1. The molecule has 0 radical (unpaired) electrons. The van der Waals surface area contributed by atoms with Crippen LogP contribution in [0.3, 0.4) is 0 Å².